The Kier molecular flexibility index (Phi) is 7.74. The van der Waals surface area contributed by atoms with Gasteiger partial charge in [-0.1, -0.05) is 0 Å². The number of piperazine rings is 1. The number of nitrogens with zero attached hydrogens (tertiary/aromatic N) is 2. The van der Waals surface area contributed by atoms with E-state index >= 15 is 0 Å². The van der Waals surface area contributed by atoms with Crippen LogP contribution in [0.25, 0.3) is 0 Å². The molecule has 2 aliphatic rings. The minimum Gasteiger partial charge on any atom is -0.490 e. The Hall–Kier alpha value is -3.46. The molecule has 0 unspecified atom stereocenters. The van der Waals surface area contributed by atoms with E-state index in [1.807, 2.05) is 18.7 Å². The van der Waals surface area contributed by atoms with E-state index in [0.29, 0.717) is 67.0 Å². The lowest BCUT2D eigenvalue weighted by molar-refractivity contribution is 0.0637. The van der Waals surface area contributed by atoms with Gasteiger partial charge in [0.2, 0.25) is 6.79 Å². The molecule has 0 aliphatic carbocycles. The monoisotopic (exact) mass is 469 g/mol. The van der Waals surface area contributed by atoms with Gasteiger partial charge in [0.1, 0.15) is 0 Å². The van der Waals surface area contributed by atoms with Crippen molar-refractivity contribution in [2.75, 3.05) is 59.3 Å². The molecule has 9 heteroatoms. The molecule has 2 aliphatic heterocycles. The van der Waals surface area contributed by atoms with Gasteiger partial charge in [0.15, 0.2) is 23.0 Å². The summed E-state index contributed by atoms with van der Waals surface area (Å²) in [6, 6.07) is 10.5. The summed E-state index contributed by atoms with van der Waals surface area (Å²) in [5, 5.41) is 2.95. The first kappa shape index (κ1) is 23.7. The lowest BCUT2D eigenvalue weighted by Gasteiger charge is -2.34. The van der Waals surface area contributed by atoms with Gasteiger partial charge in [-0.15, -0.1) is 0 Å². The van der Waals surface area contributed by atoms with E-state index in [-0.39, 0.29) is 18.6 Å². The summed E-state index contributed by atoms with van der Waals surface area (Å²) in [5.74, 6) is 2.32. The van der Waals surface area contributed by atoms with Crippen LogP contribution in [0.3, 0.4) is 0 Å². The van der Waals surface area contributed by atoms with Crippen LogP contribution in [0, 0.1) is 0 Å². The van der Waals surface area contributed by atoms with E-state index < -0.39 is 0 Å². The fourth-order valence-corrected chi connectivity index (χ4v) is 4.01. The molecule has 4 rings (SSSR count). The van der Waals surface area contributed by atoms with Crippen molar-refractivity contribution in [2.45, 2.75) is 13.8 Å². The molecule has 1 N–H and O–H groups in total. The predicted molar refractivity (Wildman–Crippen MR) is 126 cm³/mol. The maximum absolute atomic E-state index is 13.0. The van der Waals surface area contributed by atoms with Gasteiger partial charge in [0, 0.05) is 50.4 Å². The van der Waals surface area contributed by atoms with Crippen molar-refractivity contribution in [1.82, 2.24) is 15.1 Å². The van der Waals surface area contributed by atoms with Gasteiger partial charge < -0.3 is 29.2 Å². The van der Waals surface area contributed by atoms with Gasteiger partial charge in [-0.3, -0.25) is 14.5 Å². The number of ether oxygens (including phenoxy) is 4. The lowest BCUT2D eigenvalue weighted by Crippen LogP contribution is -2.50. The number of carbonyl (C=O) groups is 2. The van der Waals surface area contributed by atoms with Crippen molar-refractivity contribution in [2.24, 2.45) is 0 Å². The second-order valence-electron chi connectivity index (χ2n) is 7.99. The molecule has 2 aromatic rings. The fraction of sp³-hybridized carbons (Fsp3) is 0.440. The quantitative estimate of drug-likeness (QED) is 0.603. The third-order valence-corrected chi connectivity index (χ3v) is 5.80. The van der Waals surface area contributed by atoms with Crippen LogP contribution < -0.4 is 24.3 Å². The molecule has 9 nitrogen and oxygen atoms in total. The van der Waals surface area contributed by atoms with Crippen molar-refractivity contribution in [3.05, 3.63) is 47.5 Å². The highest BCUT2D eigenvalue weighted by atomic mass is 16.7. The van der Waals surface area contributed by atoms with E-state index in [2.05, 4.69) is 10.2 Å². The SMILES string of the molecule is CCOc1ccc(C(=O)N2CCN(CCNC(=O)c3ccc4c(c3)OCO4)CC2)cc1OCC. The van der Waals surface area contributed by atoms with Crippen LogP contribution in [-0.4, -0.2) is 80.9 Å². The summed E-state index contributed by atoms with van der Waals surface area (Å²) in [5.41, 5.74) is 1.14. The molecular weight excluding hydrogens is 438 g/mol. The Labute approximate surface area is 199 Å². The van der Waals surface area contributed by atoms with Crippen molar-refractivity contribution in [1.29, 1.82) is 0 Å². The molecule has 2 amide bonds. The van der Waals surface area contributed by atoms with Crippen LogP contribution in [0.15, 0.2) is 36.4 Å². The Balaban J connectivity index is 1.23. The normalized spacial score (nSPS) is 15.2. The Bertz CT molecular complexity index is 1020. The zero-order chi connectivity index (χ0) is 23.9. The van der Waals surface area contributed by atoms with Gasteiger partial charge in [0.05, 0.1) is 13.2 Å². The summed E-state index contributed by atoms with van der Waals surface area (Å²) >= 11 is 0. The minimum absolute atomic E-state index is 0.0141. The van der Waals surface area contributed by atoms with Crippen LogP contribution >= 0.6 is 0 Å². The molecular formula is C25H31N3O6. The van der Waals surface area contributed by atoms with E-state index in [4.69, 9.17) is 18.9 Å². The van der Waals surface area contributed by atoms with Crippen LogP contribution in [-0.2, 0) is 0 Å². The minimum atomic E-state index is -0.146. The number of hydrogen-bond acceptors (Lipinski definition) is 7. The molecule has 2 heterocycles. The summed E-state index contributed by atoms with van der Waals surface area (Å²) in [4.78, 5) is 29.5. The molecule has 1 fully saturated rings. The highest BCUT2D eigenvalue weighted by Crippen LogP contribution is 2.32. The first-order valence-electron chi connectivity index (χ1n) is 11.7. The molecule has 0 atom stereocenters. The molecule has 1 saturated heterocycles. The second kappa shape index (κ2) is 11.1. The van der Waals surface area contributed by atoms with Gasteiger partial charge in [0.25, 0.3) is 11.8 Å². The molecule has 34 heavy (non-hydrogen) atoms. The van der Waals surface area contributed by atoms with Crippen molar-refractivity contribution < 1.29 is 28.5 Å². The number of benzene rings is 2. The van der Waals surface area contributed by atoms with Crippen LogP contribution in [0.4, 0.5) is 0 Å². The van der Waals surface area contributed by atoms with E-state index in [0.717, 1.165) is 19.6 Å². The van der Waals surface area contributed by atoms with Crippen LogP contribution in [0.5, 0.6) is 23.0 Å². The third-order valence-electron chi connectivity index (χ3n) is 5.80. The number of fused-ring (bicyclic) bond motifs is 1. The maximum atomic E-state index is 13.0. The molecule has 0 saturated carbocycles. The predicted octanol–water partition coefficient (Wildman–Crippen LogP) is 2.40. The first-order valence-corrected chi connectivity index (χ1v) is 11.7. The molecule has 0 spiro atoms. The maximum Gasteiger partial charge on any atom is 0.254 e. The van der Waals surface area contributed by atoms with Gasteiger partial charge in [-0.05, 0) is 50.2 Å². The molecule has 0 bridgehead atoms. The summed E-state index contributed by atoms with van der Waals surface area (Å²) in [6.07, 6.45) is 0. The molecule has 0 radical (unpaired) electrons. The summed E-state index contributed by atoms with van der Waals surface area (Å²) in [7, 11) is 0. The number of nitrogens with one attached hydrogen (secondary N) is 1. The Morgan fingerprint density at radius 1 is 0.882 bits per heavy atom. The number of carbonyl (C=O) groups excluding carboxylic acids is 2. The highest BCUT2D eigenvalue weighted by Gasteiger charge is 2.23. The summed E-state index contributed by atoms with van der Waals surface area (Å²) in [6.45, 7) is 9.04. The highest BCUT2D eigenvalue weighted by molar-refractivity contribution is 5.95. The topological polar surface area (TPSA) is 89.6 Å². The smallest absolute Gasteiger partial charge is 0.254 e. The van der Waals surface area contributed by atoms with Crippen molar-refractivity contribution in [3.8, 4) is 23.0 Å². The van der Waals surface area contributed by atoms with Crippen molar-refractivity contribution in [3.63, 3.8) is 0 Å². The van der Waals surface area contributed by atoms with Gasteiger partial charge >= 0.3 is 0 Å². The first-order chi connectivity index (χ1) is 16.6. The van der Waals surface area contributed by atoms with E-state index in [1.165, 1.54) is 0 Å². The lowest BCUT2D eigenvalue weighted by atomic mass is 10.1. The standard InChI is InChI=1S/C25H31N3O6/c1-3-31-20-8-6-19(16-22(20)32-4-2)25(30)28-13-11-27(12-14-28)10-9-26-24(29)18-5-7-21-23(15-18)34-17-33-21/h5-8,15-16H,3-4,9-14,17H2,1-2H3,(H,26,29). The summed E-state index contributed by atoms with van der Waals surface area (Å²) < 4.78 is 21.8. The third kappa shape index (κ3) is 5.53. The van der Waals surface area contributed by atoms with E-state index in [9.17, 15) is 9.59 Å². The molecule has 2 aromatic carbocycles. The van der Waals surface area contributed by atoms with Gasteiger partial charge in [-0.25, -0.2) is 0 Å². The van der Waals surface area contributed by atoms with Crippen LogP contribution in [0.1, 0.15) is 34.6 Å². The van der Waals surface area contributed by atoms with Crippen molar-refractivity contribution >= 4 is 11.8 Å². The Morgan fingerprint density at radius 3 is 2.35 bits per heavy atom. The fourth-order valence-electron chi connectivity index (χ4n) is 4.01. The second-order valence-corrected chi connectivity index (χ2v) is 7.99. The molecule has 182 valence electrons. The largest absolute Gasteiger partial charge is 0.490 e. The number of rotatable bonds is 9. The average molecular weight is 470 g/mol. The van der Waals surface area contributed by atoms with E-state index in [1.54, 1.807) is 36.4 Å². The number of hydrogen-bond donors (Lipinski definition) is 1. The average Bonchev–Trinajstić information content (AvgIpc) is 3.33. The zero-order valence-electron chi connectivity index (χ0n) is 19.7. The Morgan fingerprint density at radius 2 is 1.59 bits per heavy atom. The number of amides is 2. The molecule has 0 aromatic heterocycles. The van der Waals surface area contributed by atoms with Crippen LogP contribution in [0.2, 0.25) is 0 Å². The zero-order valence-corrected chi connectivity index (χ0v) is 19.7. The van der Waals surface area contributed by atoms with Gasteiger partial charge in [-0.2, -0.15) is 0 Å².